The molecule has 0 fully saturated rings. The molecule has 0 spiro atoms. The van der Waals surface area contributed by atoms with Crippen LogP contribution in [-0.2, 0) is 9.47 Å². The van der Waals surface area contributed by atoms with Crippen LogP contribution in [0.5, 0.6) is 11.5 Å². The van der Waals surface area contributed by atoms with Gasteiger partial charge in [0.15, 0.2) is 0 Å². The van der Waals surface area contributed by atoms with Gasteiger partial charge < -0.3 is 18.9 Å². The average molecular weight is 563 g/mol. The Morgan fingerprint density at radius 1 is 0.475 bits per heavy atom. The average Bonchev–Trinajstić information content (AvgIpc) is 2.97. The molecular formula is C34H58O6. The summed E-state index contributed by atoms with van der Waals surface area (Å²) < 4.78 is 21.9. The fourth-order valence-corrected chi connectivity index (χ4v) is 4.88. The van der Waals surface area contributed by atoms with Crippen LogP contribution in [0.3, 0.4) is 0 Å². The van der Waals surface area contributed by atoms with Gasteiger partial charge in [-0.15, -0.1) is 0 Å². The molecule has 0 aromatic heterocycles. The van der Waals surface area contributed by atoms with Gasteiger partial charge in [-0.05, 0) is 25.0 Å². The third-order valence-electron chi connectivity index (χ3n) is 7.40. The quantitative estimate of drug-likeness (QED) is 0.0826. The second kappa shape index (κ2) is 24.5. The SMILES string of the molecule is CCCCCCCCCCCCOc1cc(C(=O)OC)c(OCCCCCCCCCCCC)cc1C(=O)OC. The van der Waals surface area contributed by atoms with Gasteiger partial charge in [0, 0.05) is 0 Å². The minimum Gasteiger partial charge on any atom is -0.493 e. The lowest BCUT2D eigenvalue weighted by atomic mass is 10.1. The second-order valence-electron chi connectivity index (χ2n) is 10.9. The van der Waals surface area contributed by atoms with Crippen LogP contribution in [-0.4, -0.2) is 39.4 Å². The van der Waals surface area contributed by atoms with Gasteiger partial charge in [-0.1, -0.05) is 129 Å². The molecule has 0 amide bonds. The zero-order chi connectivity index (χ0) is 29.3. The largest absolute Gasteiger partial charge is 0.493 e. The van der Waals surface area contributed by atoms with Crippen molar-refractivity contribution in [2.45, 2.75) is 142 Å². The molecule has 0 saturated carbocycles. The molecule has 6 heteroatoms. The van der Waals surface area contributed by atoms with E-state index in [-0.39, 0.29) is 11.1 Å². The number of carbonyl (C=O) groups is 2. The maximum absolute atomic E-state index is 12.5. The lowest BCUT2D eigenvalue weighted by Crippen LogP contribution is -2.12. The first kappa shape index (κ1) is 35.8. The molecule has 0 aliphatic carbocycles. The van der Waals surface area contributed by atoms with E-state index in [1.165, 1.54) is 117 Å². The molecule has 6 nitrogen and oxygen atoms in total. The van der Waals surface area contributed by atoms with E-state index in [0.29, 0.717) is 24.7 Å². The number of hydrogen-bond acceptors (Lipinski definition) is 6. The number of esters is 2. The van der Waals surface area contributed by atoms with E-state index in [9.17, 15) is 9.59 Å². The minimum absolute atomic E-state index is 0.264. The molecule has 1 aromatic carbocycles. The summed E-state index contributed by atoms with van der Waals surface area (Å²) in [5, 5.41) is 0. The van der Waals surface area contributed by atoms with Gasteiger partial charge in [-0.2, -0.15) is 0 Å². The number of hydrogen-bond donors (Lipinski definition) is 0. The standard InChI is InChI=1S/C34H58O6/c1-5-7-9-11-13-15-17-19-21-23-25-39-31-27-30(34(36)38-4)32(28-29(31)33(35)37-3)40-26-24-22-20-18-16-14-12-10-8-6-2/h27-28H,5-26H2,1-4H3. The summed E-state index contributed by atoms with van der Waals surface area (Å²) in [6, 6.07) is 3.12. The van der Waals surface area contributed by atoms with Crippen LogP contribution in [0.2, 0.25) is 0 Å². The summed E-state index contributed by atoms with van der Waals surface area (Å²) in [4.78, 5) is 25.0. The van der Waals surface area contributed by atoms with Crippen molar-refractivity contribution in [3.05, 3.63) is 23.3 Å². The number of methoxy groups -OCH3 is 2. The third-order valence-corrected chi connectivity index (χ3v) is 7.40. The van der Waals surface area contributed by atoms with Gasteiger partial charge in [0.2, 0.25) is 0 Å². The fraction of sp³-hybridized carbons (Fsp3) is 0.765. The first-order chi connectivity index (χ1) is 19.6. The van der Waals surface area contributed by atoms with Crippen molar-refractivity contribution in [3.63, 3.8) is 0 Å². The highest BCUT2D eigenvalue weighted by molar-refractivity contribution is 5.98. The highest BCUT2D eigenvalue weighted by atomic mass is 16.5. The molecule has 1 rings (SSSR count). The summed E-state index contributed by atoms with van der Waals surface area (Å²) in [6.07, 6.45) is 24.7. The molecule has 0 saturated heterocycles. The van der Waals surface area contributed by atoms with Crippen LogP contribution in [0.4, 0.5) is 0 Å². The Balaban J connectivity index is 2.54. The molecule has 0 bridgehead atoms. The van der Waals surface area contributed by atoms with Crippen LogP contribution in [0, 0.1) is 0 Å². The normalized spacial score (nSPS) is 10.9. The van der Waals surface area contributed by atoms with Crippen molar-refractivity contribution in [1.82, 2.24) is 0 Å². The lowest BCUT2D eigenvalue weighted by molar-refractivity contribution is 0.0578. The second-order valence-corrected chi connectivity index (χ2v) is 10.9. The first-order valence-corrected chi connectivity index (χ1v) is 16.2. The molecule has 0 heterocycles. The molecule has 40 heavy (non-hydrogen) atoms. The molecule has 0 aliphatic heterocycles. The van der Waals surface area contributed by atoms with Crippen LogP contribution >= 0.6 is 0 Å². The minimum atomic E-state index is -0.515. The maximum Gasteiger partial charge on any atom is 0.341 e. The van der Waals surface area contributed by atoms with Crippen molar-refractivity contribution < 1.29 is 28.5 Å². The van der Waals surface area contributed by atoms with Gasteiger partial charge in [-0.3, -0.25) is 0 Å². The molecular weight excluding hydrogens is 504 g/mol. The maximum atomic E-state index is 12.5. The van der Waals surface area contributed by atoms with E-state index in [1.54, 1.807) is 12.1 Å². The number of benzene rings is 1. The van der Waals surface area contributed by atoms with Crippen molar-refractivity contribution in [2.75, 3.05) is 27.4 Å². The van der Waals surface area contributed by atoms with Gasteiger partial charge >= 0.3 is 11.9 Å². The van der Waals surface area contributed by atoms with Crippen LogP contribution in [0.1, 0.15) is 163 Å². The molecule has 230 valence electrons. The molecule has 0 unspecified atom stereocenters. The van der Waals surface area contributed by atoms with Crippen LogP contribution in [0.15, 0.2) is 12.1 Å². The lowest BCUT2D eigenvalue weighted by Gasteiger charge is -2.16. The first-order valence-electron chi connectivity index (χ1n) is 16.2. The van der Waals surface area contributed by atoms with Crippen LogP contribution < -0.4 is 9.47 Å². The topological polar surface area (TPSA) is 71.1 Å². The van der Waals surface area contributed by atoms with Gasteiger partial charge in [-0.25, -0.2) is 9.59 Å². The summed E-state index contributed by atoms with van der Waals surface area (Å²) in [5.74, 6) is -0.375. The van der Waals surface area contributed by atoms with Crippen molar-refractivity contribution in [1.29, 1.82) is 0 Å². The van der Waals surface area contributed by atoms with Gasteiger partial charge in [0.1, 0.15) is 22.6 Å². The predicted molar refractivity (Wildman–Crippen MR) is 164 cm³/mol. The Morgan fingerprint density at radius 3 is 1.02 bits per heavy atom. The molecule has 0 atom stereocenters. The van der Waals surface area contributed by atoms with E-state index >= 15 is 0 Å². The molecule has 0 N–H and O–H groups in total. The summed E-state index contributed by atoms with van der Waals surface area (Å²) in [6.45, 7) is 5.43. The highest BCUT2D eigenvalue weighted by Crippen LogP contribution is 2.31. The van der Waals surface area contributed by atoms with E-state index < -0.39 is 11.9 Å². The molecule has 0 radical (unpaired) electrons. The molecule has 0 aliphatic rings. The number of unbranched alkanes of at least 4 members (excludes halogenated alkanes) is 18. The van der Waals surface area contributed by atoms with Crippen LogP contribution in [0.25, 0.3) is 0 Å². The Hall–Kier alpha value is -2.24. The van der Waals surface area contributed by atoms with Crippen molar-refractivity contribution >= 4 is 11.9 Å². The number of rotatable bonds is 26. The zero-order valence-electron chi connectivity index (χ0n) is 26.2. The van der Waals surface area contributed by atoms with E-state index in [4.69, 9.17) is 18.9 Å². The fourth-order valence-electron chi connectivity index (χ4n) is 4.88. The number of ether oxygens (including phenoxy) is 4. The van der Waals surface area contributed by atoms with E-state index in [2.05, 4.69) is 13.8 Å². The van der Waals surface area contributed by atoms with Gasteiger partial charge in [0.05, 0.1) is 27.4 Å². The Kier molecular flexibility index (Phi) is 22.0. The van der Waals surface area contributed by atoms with Crippen molar-refractivity contribution in [2.24, 2.45) is 0 Å². The summed E-state index contributed by atoms with van der Waals surface area (Å²) in [7, 11) is 2.68. The Labute approximate surface area is 244 Å². The van der Waals surface area contributed by atoms with E-state index in [0.717, 1.165) is 25.7 Å². The summed E-state index contributed by atoms with van der Waals surface area (Å²) in [5.41, 5.74) is 0.528. The third kappa shape index (κ3) is 16.1. The summed E-state index contributed by atoms with van der Waals surface area (Å²) >= 11 is 0. The number of carbonyl (C=O) groups excluding carboxylic acids is 2. The zero-order valence-corrected chi connectivity index (χ0v) is 26.2. The van der Waals surface area contributed by atoms with E-state index in [1.807, 2.05) is 0 Å². The predicted octanol–water partition coefficient (Wildman–Crippen LogP) is 9.86. The van der Waals surface area contributed by atoms with Crippen molar-refractivity contribution in [3.8, 4) is 11.5 Å². The molecule has 1 aromatic rings. The van der Waals surface area contributed by atoms with Gasteiger partial charge in [0.25, 0.3) is 0 Å². The smallest absolute Gasteiger partial charge is 0.341 e. The Morgan fingerprint density at radius 2 is 0.750 bits per heavy atom. The highest BCUT2D eigenvalue weighted by Gasteiger charge is 2.22. The Bertz CT molecular complexity index is 725. The monoisotopic (exact) mass is 562 g/mol.